The lowest BCUT2D eigenvalue weighted by atomic mass is 10.2. The van der Waals surface area contributed by atoms with Crippen LogP contribution in [0.5, 0.6) is 0 Å². The molecule has 0 spiro atoms. The first-order chi connectivity index (χ1) is 9.25. The summed E-state index contributed by atoms with van der Waals surface area (Å²) in [6.07, 6.45) is 0. The van der Waals surface area contributed by atoms with Crippen LogP contribution >= 0.6 is 22.3 Å². The Bertz CT molecular complexity index is 589. The van der Waals surface area contributed by atoms with Crippen LogP contribution in [0, 0.1) is 0 Å². The highest BCUT2D eigenvalue weighted by atomic mass is 35.7. The molecule has 0 fully saturated rings. The zero-order valence-corrected chi connectivity index (χ0v) is 13.3. The lowest BCUT2D eigenvalue weighted by Crippen LogP contribution is -2.36. The summed E-state index contributed by atoms with van der Waals surface area (Å²) in [5.74, 6) is -0.482. The van der Waals surface area contributed by atoms with E-state index in [1.54, 1.807) is 6.92 Å². The Morgan fingerprint density at radius 1 is 1.45 bits per heavy atom. The number of ether oxygens (including phenoxy) is 1. The third-order valence-electron chi connectivity index (χ3n) is 2.41. The molecule has 1 unspecified atom stereocenters. The average molecular weight is 340 g/mol. The van der Waals surface area contributed by atoms with Crippen molar-refractivity contribution < 1.29 is 17.9 Å². The topological polar surface area (TPSA) is 72.5 Å². The first-order valence-corrected chi connectivity index (χ1v) is 8.57. The molecule has 0 saturated carbocycles. The van der Waals surface area contributed by atoms with Crippen LogP contribution in [0.4, 0.5) is 0 Å². The van der Waals surface area contributed by atoms with Gasteiger partial charge in [0.15, 0.2) is 0 Å². The second kappa shape index (κ2) is 7.26. The lowest BCUT2D eigenvalue weighted by Gasteiger charge is -2.14. The van der Waals surface area contributed by atoms with Crippen LogP contribution in [0.15, 0.2) is 23.1 Å². The number of hydrogen-bond donors (Lipinski definition) is 1. The molecule has 8 heteroatoms. The van der Waals surface area contributed by atoms with E-state index in [-0.39, 0.29) is 21.5 Å². The standard InChI is InChI=1S/C12H15Cl2NO4S/c1-3-19-7-8(2)15-12(16)10-6-9(20(14,17)18)4-5-11(10)13/h4-6,8H,3,7H2,1-2H3,(H,15,16). The van der Waals surface area contributed by atoms with E-state index in [0.717, 1.165) is 6.07 Å². The Balaban J connectivity index is 2.93. The summed E-state index contributed by atoms with van der Waals surface area (Å²) in [4.78, 5) is 11.9. The molecular formula is C12H15Cl2NO4S. The summed E-state index contributed by atoms with van der Waals surface area (Å²) in [7, 11) is 1.33. The number of carbonyl (C=O) groups excluding carboxylic acids is 1. The largest absolute Gasteiger partial charge is 0.380 e. The summed E-state index contributed by atoms with van der Waals surface area (Å²) in [5, 5.41) is 2.81. The first kappa shape index (κ1) is 17.2. The van der Waals surface area contributed by atoms with Gasteiger partial charge in [-0.2, -0.15) is 0 Å². The van der Waals surface area contributed by atoms with Crippen LogP contribution in [0.2, 0.25) is 5.02 Å². The van der Waals surface area contributed by atoms with Gasteiger partial charge in [-0.3, -0.25) is 4.79 Å². The lowest BCUT2D eigenvalue weighted by molar-refractivity contribution is 0.0872. The van der Waals surface area contributed by atoms with Crippen molar-refractivity contribution in [2.45, 2.75) is 24.8 Å². The smallest absolute Gasteiger partial charge is 0.261 e. The van der Waals surface area contributed by atoms with E-state index in [0.29, 0.717) is 13.2 Å². The van der Waals surface area contributed by atoms with Crippen LogP contribution < -0.4 is 5.32 Å². The van der Waals surface area contributed by atoms with Gasteiger partial charge in [0.25, 0.3) is 15.0 Å². The van der Waals surface area contributed by atoms with Crippen LogP contribution in [0.1, 0.15) is 24.2 Å². The normalized spacial score (nSPS) is 13.0. The molecule has 0 radical (unpaired) electrons. The Labute approximate surface area is 127 Å². The maximum atomic E-state index is 12.0. The van der Waals surface area contributed by atoms with Gasteiger partial charge in [-0.25, -0.2) is 8.42 Å². The van der Waals surface area contributed by atoms with Gasteiger partial charge in [-0.15, -0.1) is 0 Å². The number of halogens is 2. The fraction of sp³-hybridized carbons (Fsp3) is 0.417. The van der Waals surface area contributed by atoms with Crippen LogP contribution in [0.25, 0.3) is 0 Å². The minimum atomic E-state index is -3.91. The molecule has 112 valence electrons. The molecule has 20 heavy (non-hydrogen) atoms. The number of rotatable bonds is 6. The molecule has 5 nitrogen and oxygen atoms in total. The summed E-state index contributed by atoms with van der Waals surface area (Å²) in [6, 6.07) is 3.48. The van der Waals surface area contributed by atoms with E-state index in [2.05, 4.69) is 5.32 Å². The monoisotopic (exact) mass is 339 g/mol. The van der Waals surface area contributed by atoms with Crippen molar-refractivity contribution >= 4 is 37.2 Å². The van der Waals surface area contributed by atoms with Gasteiger partial charge in [0.05, 0.1) is 22.1 Å². The van der Waals surface area contributed by atoms with Crippen LogP contribution in [-0.4, -0.2) is 33.6 Å². The van der Waals surface area contributed by atoms with Gasteiger partial charge in [0.1, 0.15) is 0 Å². The number of nitrogens with one attached hydrogen (secondary N) is 1. The zero-order valence-electron chi connectivity index (χ0n) is 11.0. The number of hydrogen-bond acceptors (Lipinski definition) is 4. The Morgan fingerprint density at radius 2 is 2.10 bits per heavy atom. The van der Waals surface area contributed by atoms with Gasteiger partial charge >= 0.3 is 0 Å². The highest BCUT2D eigenvalue weighted by molar-refractivity contribution is 8.13. The van der Waals surface area contributed by atoms with E-state index in [4.69, 9.17) is 27.0 Å². The van der Waals surface area contributed by atoms with Crippen molar-refractivity contribution in [3.05, 3.63) is 28.8 Å². The fourth-order valence-electron chi connectivity index (χ4n) is 1.47. The van der Waals surface area contributed by atoms with Gasteiger partial charge in [0, 0.05) is 23.3 Å². The second-order valence-corrected chi connectivity index (χ2v) is 7.09. The fourth-order valence-corrected chi connectivity index (χ4v) is 2.45. The average Bonchev–Trinajstić information content (AvgIpc) is 2.35. The molecule has 0 bridgehead atoms. The number of amides is 1. The van der Waals surface area contributed by atoms with Crippen molar-refractivity contribution in [3.8, 4) is 0 Å². The maximum Gasteiger partial charge on any atom is 0.261 e. The molecule has 1 amide bonds. The molecule has 0 aliphatic carbocycles. The first-order valence-electron chi connectivity index (χ1n) is 5.88. The highest BCUT2D eigenvalue weighted by Crippen LogP contribution is 2.22. The van der Waals surface area contributed by atoms with Gasteiger partial charge in [0.2, 0.25) is 0 Å². The molecule has 0 aliphatic rings. The molecule has 1 atom stereocenters. The molecule has 1 rings (SSSR count). The molecule has 1 N–H and O–H groups in total. The van der Waals surface area contributed by atoms with Crippen molar-refractivity contribution in [3.63, 3.8) is 0 Å². The highest BCUT2D eigenvalue weighted by Gasteiger charge is 2.18. The summed E-state index contributed by atoms with van der Waals surface area (Å²) in [6.45, 7) is 4.51. The summed E-state index contributed by atoms with van der Waals surface area (Å²) >= 11 is 5.90. The molecular weight excluding hydrogens is 325 g/mol. The van der Waals surface area contributed by atoms with Crippen LogP contribution in [0.3, 0.4) is 0 Å². The van der Waals surface area contributed by atoms with E-state index < -0.39 is 15.0 Å². The summed E-state index contributed by atoms with van der Waals surface area (Å²) < 4.78 is 27.7. The van der Waals surface area contributed by atoms with Crippen molar-refractivity contribution in [2.24, 2.45) is 0 Å². The van der Waals surface area contributed by atoms with Crippen molar-refractivity contribution in [2.75, 3.05) is 13.2 Å². The molecule has 0 aromatic heterocycles. The van der Waals surface area contributed by atoms with Gasteiger partial charge in [-0.05, 0) is 32.0 Å². The number of benzene rings is 1. The van der Waals surface area contributed by atoms with E-state index >= 15 is 0 Å². The summed E-state index contributed by atoms with van der Waals surface area (Å²) in [5.41, 5.74) is 0.0525. The minimum Gasteiger partial charge on any atom is -0.380 e. The second-order valence-electron chi connectivity index (χ2n) is 4.11. The minimum absolute atomic E-state index is 0.0525. The molecule has 0 heterocycles. The quantitative estimate of drug-likeness (QED) is 0.808. The molecule has 0 saturated heterocycles. The van der Waals surface area contributed by atoms with E-state index in [1.165, 1.54) is 12.1 Å². The van der Waals surface area contributed by atoms with Crippen LogP contribution in [-0.2, 0) is 13.8 Å². The molecule has 1 aromatic carbocycles. The predicted octanol–water partition coefficient (Wildman–Crippen LogP) is 2.42. The van der Waals surface area contributed by atoms with Crippen molar-refractivity contribution in [1.82, 2.24) is 5.32 Å². The van der Waals surface area contributed by atoms with E-state index in [9.17, 15) is 13.2 Å². The predicted molar refractivity (Wildman–Crippen MR) is 77.9 cm³/mol. The number of carbonyl (C=O) groups is 1. The molecule has 1 aromatic rings. The van der Waals surface area contributed by atoms with Gasteiger partial charge in [-0.1, -0.05) is 11.6 Å². The van der Waals surface area contributed by atoms with Gasteiger partial charge < -0.3 is 10.1 Å². The third kappa shape index (κ3) is 4.94. The maximum absolute atomic E-state index is 12.0. The third-order valence-corrected chi connectivity index (χ3v) is 4.09. The zero-order chi connectivity index (χ0) is 15.3. The molecule has 0 aliphatic heterocycles. The Morgan fingerprint density at radius 3 is 2.65 bits per heavy atom. The SMILES string of the molecule is CCOCC(C)NC(=O)c1cc(S(=O)(=O)Cl)ccc1Cl. The van der Waals surface area contributed by atoms with E-state index in [1.807, 2.05) is 6.92 Å². The Kier molecular flexibility index (Phi) is 6.26. The Hall–Kier alpha value is -0.820. The van der Waals surface area contributed by atoms with Crippen molar-refractivity contribution in [1.29, 1.82) is 0 Å².